The van der Waals surface area contributed by atoms with Crippen LogP contribution in [0.1, 0.15) is 15.9 Å². The molecule has 0 heterocycles. The first kappa shape index (κ1) is 11.8. The molecule has 0 bridgehead atoms. The smallest absolute Gasteiger partial charge is 0.307 e. The van der Waals surface area contributed by atoms with Crippen molar-refractivity contribution in [1.82, 2.24) is 0 Å². The van der Waals surface area contributed by atoms with Crippen LogP contribution in [0.15, 0.2) is 12.1 Å². The Morgan fingerprint density at radius 3 is 2.62 bits per heavy atom. The molecule has 6 nitrogen and oxygen atoms in total. The number of carbonyl (C=O) groups excluding carboxylic acids is 1. The topological polar surface area (TPSA) is 97.5 Å². The molecule has 1 aromatic rings. The third-order valence-electron chi connectivity index (χ3n) is 1.91. The fourth-order valence-corrected chi connectivity index (χ4v) is 1.21. The largest absolute Gasteiger partial charge is 0.481 e. The summed E-state index contributed by atoms with van der Waals surface area (Å²) < 4.78 is 13.5. The lowest BCUT2D eigenvalue weighted by atomic mass is 10.0. The first-order valence-electron chi connectivity index (χ1n) is 4.10. The number of nitro benzene ring substituents is 1. The number of aliphatic carboxylic acids is 1. The average molecular weight is 227 g/mol. The lowest BCUT2D eigenvalue weighted by Gasteiger charge is -2.03. The molecule has 0 aliphatic carbocycles. The fraction of sp³-hybridized carbons (Fsp3) is 0.111. The number of hydrogen-bond acceptors (Lipinski definition) is 4. The van der Waals surface area contributed by atoms with Crippen LogP contribution < -0.4 is 0 Å². The van der Waals surface area contributed by atoms with E-state index < -0.39 is 34.4 Å². The Morgan fingerprint density at radius 2 is 2.19 bits per heavy atom. The van der Waals surface area contributed by atoms with Crippen molar-refractivity contribution in [3.8, 4) is 0 Å². The summed E-state index contributed by atoms with van der Waals surface area (Å²) in [6.45, 7) is 0. The van der Waals surface area contributed by atoms with E-state index in [1.807, 2.05) is 0 Å². The van der Waals surface area contributed by atoms with Crippen LogP contribution >= 0.6 is 0 Å². The zero-order valence-corrected chi connectivity index (χ0v) is 7.84. The van der Waals surface area contributed by atoms with Crippen molar-refractivity contribution in [2.75, 3.05) is 0 Å². The minimum absolute atomic E-state index is 0.203. The predicted octanol–water partition coefficient (Wildman–Crippen LogP) is 1.17. The lowest BCUT2D eigenvalue weighted by molar-refractivity contribution is -0.387. The highest BCUT2D eigenvalue weighted by molar-refractivity contribution is 5.82. The minimum Gasteiger partial charge on any atom is -0.481 e. The molecule has 0 spiro atoms. The number of halogens is 1. The molecule has 0 radical (unpaired) electrons. The number of aldehydes is 1. The Bertz CT molecular complexity index is 471. The Labute approximate surface area is 88.5 Å². The molecule has 0 saturated carbocycles. The van der Waals surface area contributed by atoms with Crippen molar-refractivity contribution in [1.29, 1.82) is 0 Å². The van der Waals surface area contributed by atoms with Crippen LogP contribution in [0.5, 0.6) is 0 Å². The summed E-state index contributed by atoms with van der Waals surface area (Å²) in [4.78, 5) is 30.3. The summed E-state index contributed by atoms with van der Waals surface area (Å²) in [5.74, 6) is -2.65. The van der Waals surface area contributed by atoms with E-state index in [2.05, 4.69) is 0 Å². The summed E-state index contributed by atoms with van der Waals surface area (Å²) in [6, 6.07) is 1.84. The normalized spacial score (nSPS) is 9.81. The molecule has 0 aliphatic heterocycles. The number of carboxylic acids is 1. The molecule has 0 unspecified atom stereocenters. The van der Waals surface area contributed by atoms with Gasteiger partial charge in [-0.1, -0.05) is 0 Å². The third-order valence-corrected chi connectivity index (χ3v) is 1.91. The maximum atomic E-state index is 13.5. The molecule has 16 heavy (non-hydrogen) atoms. The van der Waals surface area contributed by atoms with Crippen molar-refractivity contribution in [2.24, 2.45) is 0 Å². The SMILES string of the molecule is O=Cc1ccc([N+](=O)[O-])c(F)c1CC(=O)O. The second-order valence-electron chi connectivity index (χ2n) is 2.91. The molecule has 7 heteroatoms. The zero-order chi connectivity index (χ0) is 12.3. The molecular weight excluding hydrogens is 221 g/mol. The van der Waals surface area contributed by atoms with Gasteiger partial charge in [-0.2, -0.15) is 4.39 Å². The molecule has 84 valence electrons. The van der Waals surface area contributed by atoms with Gasteiger partial charge in [-0.3, -0.25) is 19.7 Å². The van der Waals surface area contributed by atoms with Crippen molar-refractivity contribution >= 4 is 17.9 Å². The molecular formula is C9H6FNO5. The van der Waals surface area contributed by atoms with Crippen molar-refractivity contribution in [3.63, 3.8) is 0 Å². The fourth-order valence-electron chi connectivity index (χ4n) is 1.21. The van der Waals surface area contributed by atoms with Crippen LogP contribution in [-0.2, 0) is 11.2 Å². The van der Waals surface area contributed by atoms with Crippen molar-refractivity contribution < 1.29 is 24.0 Å². The molecule has 1 N–H and O–H groups in total. The number of benzene rings is 1. The van der Waals surface area contributed by atoms with Gasteiger partial charge >= 0.3 is 11.7 Å². The highest BCUT2D eigenvalue weighted by atomic mass is 19.1. The minimum atomic E-state index is -1.37. The van der Waals surface area contributed by atoms with Gasteiger partial charge in [-0.05, 0) is 6.07 Å². The Kier molecular flexibility index (Phi) is 3.29. The number of rotatable bonds is 4. The van der Waals surface area contributed by atoms with Gasteiger partial charge in [0.2, 0.25) is 5.82 Å². The molecule has 0 aromatic heterocycles. The maximum absolute atomic E-state index is 13.5. The van der Waals surface area contributed by atoms with Crippen molar-refractivity contribution in [2.45, 2.75) is 6.42 Å². The summed E-state index contributed by atoms with van der Waals surface area (Å²) in [5.41, 5.74) is -1.52. The first-order valence-corrected chi connectivity index (χ1v) is 4.10. The number of nitrogens with zero attached hydrogens (tertiary/aromatic N) is 1. The average Bonchev–Trinajstić information content (AvgIpc) is 2.19. The second kappa shape index (κ2) is 4.47. The van der Waals surface area contributed by atoms with Crippen LogP contribution in [0.2, 0.25) is 0 Å². The Morgan fingerprint density at radius 1 is 1.56 bits per heavy atom. The van der Waals surface area contributed by atoms with Crippen LogP contribution in [0.25, 0.3) is 0 Å². The molecule has 0 amide bonds. The number of nitro groups is 1. The molecule has 0 aliphatic rings. The van der Waals surface area contributed by atoms with Crippen LogP contribution in [0.4, 0.5) is 10.1 Å². The zero-order valence-electron chi connectivity index (χ0n) is 7.84. The standard InChI is InChI=1S/C9H6FNO5/c10-9-6(3-8(13)14)5(4-12)1-2-7(9)11(15)16/h1-2,4H,3H2,(H,13,14). The number of hydrogen-bond donors (Lipinski definition) is 1. The maximum Gasteiger partial charge on any atom is 0.307 e. The van der Waals surface area contributed by atoms with Crippen LogP contribution in [0.3, 0.4) is 0 Å². The van der Waals surface area contributed by atoms with Gasteiger partial charge in [0.15, 0.2) is 0 Å². The first-order chi connectivity index (χ1) is 7.47. The molecule has 0 atom stereocenters. The quantitative estimate of drug-likeness (QED) is 0.473. The van der Waals surface area contributed by atoms with Gasteiger partial charge < -0.3 is 5.11 Å². The van der Waals surface area contributed by atoms with Gasteiger partial charge in [0.05, 0.1) is 11.3 Å². The third kappa shape index (κ3) is 2.19. The van der Waals surface area contributed by atoms with Crippen LogP contribution in [0, 0.1) is 15.9 Å². The van der Waals surface area contributed by atoms with E-state index in [-0.39, 0.29) is 11.8 Å². The Hall–Kier alpha value is -2.31. The van der Waals surface area contributed by atoms with Gasteiger partial charge in [-0.15, -0.1) is 0 Å². The molecule has 1 rings (SSSR count). The van der Waals surface area contributed by atoms with E-state index in [1.54, 1.807) is 0 Å². The monoisotopic (exact) mass is 227 g/mol. The molecule has 0 saturated heterocycles. The molecule has 1 aromatic carbocycles. The van der Waals surface area contributed by atoms with E-state index in [9.17, 15) is 24.1 Å². The predicted molar refractivity (Wildman–Crippen MR) is 49.8 cm³/mol. The van der Waals surface area contributed by atoms with E-state index >= 15 is 0 Å². The van der Waals surface area contributed by atoms with Gasteiger partial charge in [0, 0.05) is 17.2 Å². The van der Waals surface area contributed by atoms with E-state index in [0.29, 0.717) is 0 Å². The van der Waals surface area contributed by atoms with Crippen molar-refractivity contribution in [3.05, 3.63) is 39.2 Å². The summed E-state index contributed by atoms with van der Waals surface area (Å²) in [6.07, 6.45) is -0.521. The number of carboxylic acid groups (broad SMARTS) is 1. The Balaban J connectivity index is 3.39. The summed E-state index contributed by atoms with van der Waals surface area (Å²) in [5, 5.41) is 18.9. The van der Waals surface area contributed by atoms with E-state index in [1.165, 1.54) is 0 Å². The van der Waals surface area contributed by atoms with E-state index in [0.717, 1.165) is 12.1 Å². The van der Waals surface area contributed by atoms with E-state index in [4.69, 9.17) is 5.11 Å². The number of carbonyl (C=O) groups is 2. The molecule has 0 fully saturated rings. The summed E-state index contributed by atoms with van der Waals surface area (Å²) >= 11 is 0. The van der Waals surface area contributed by atoms with Gasteiger partial charge in [0.1, 0.15) is 6.29 Å². The summed E-state index contributed by atoms with van der Waals surface area (Å²) in [7, 11) is 0. The van der Waals surface area contributed by atoms with Gasteiger partial charge in [-0.25, -0.2) is 0 Å². The van der Waals surface area contributed by atoms with Gasteiger partial charge in [0.25, 0.3) is 0 Å². The highest BCUT2D eigenvalue weighted by Crippen LogP contribution is 2.23. The highest BCUT2D eigenvalue weighted by Gasteiger charge is 2.22. The second-order valence-corrected chi connectivity index (χ2v) is 2.91. The lowest BCUT2D eigenvalue weighted by Crippen LogP contribution is -2.08. The van der Waals surface area contributed by atoms with Crippen LogP contribution in [-0.4, -0.2) is 22.3 Å².